The van der Waals surface area contributed by atoms with Crippen LogP contribution in [0.2, 0.25) is 44.3 Å². The molecule has 1 saturated heterocycles. The molecule has 2 fully saturated rings. The zero-order valence-electron chi connectivity index (χ0n) is 17.1. The Morgan fingerprint density at radius 2 is 1.57 bits per heavy atom. The van der Waals surface area contributed by atoms with E-state index in [-0.39, 0.29) is 5.60 Å². The van der Waals surface area contributed by atoms with E-state index in [1.807, 2.05) is 0 Å². The average molecular weight is 357 g/mol. The molecule has 0 spiro atoms. The molecule has 1 saturated carbocycles. The number of epoxide rings is 1. The van der Waals surface area contributed by atoms with Gasteiger partial charge in [-0.1, -0.05) is 26.6 Å². The van der Waals surface area contributed by atoms with Gasteiger partial charge >= 0.3 is 0 Å². The number of fused-ring (bicyclic) bond motifs is 1. The SMILES string of the molecule is CC(C)(O[Si](C)(C)C)C(C)(CCC1CCC2OC2C1)[Si](C)(C)C. The minimum absolute atomic E-state index is 0.0325. The fraction of sp³-hybridized carbons (Fsp3) is 1.00. The zero-order valence-corrected chi connectivity index (χ0v) is 19.1. The molecule has 0 aromatic heterocycles. The molecule has 0 bridgehead atoms. The Morgan fingerprint density at radius 1 is 0.957 bits per heavy atom. The third kappa shape index (κ3) is 4.50. The molecule has 2 rings (SSSR count). The summed E-state index contributed by atoms with van der Waals surface area (Å²) in [5.74, 6) is 0.872. The topological polar surface area (TPSA) is 21.8 Å². The molecule has 0 aromatic carbocycles. The van der Waals surface area contributed by atoms with Crippen LogP contribution in [0.1, 0.15) is 52.9 Å². The second-order valence-electron chi connectivity index (χ2n) is 10.7. The summed E-state index contributed by atoms with van der Waals surface area (Å²) in [7, 11) is -2.92. The molecule has 23 heavy (non-hydrogen) atoms. The highest BCUT2D eigenvalue weighted by atomic mass is 28.4. The summed E-state index contributed by atoms with van der Waals surface area (Å²) in [4.78, 5) is 0. The first-order valence-electron chi connectivity index (χ1n) is 9.61. The molecular weight excluding hydrogens is 316 g/mol. The van der Waals surface area contributed by atoms with E-state index in [1.54, 1.807) is 0 Å². The highest BCUT2D eigenvalue weighted by Gasteiger charge is 2.52. The Hall–Kier alpha value is 0.354. The quantitative estimate of drug-likeness (QED) is 0.408. The maximum Gasteiger partial charge on any atom is 0.184 e. The number of hydrogen-bond acceptors (Lipinski definition) is 2. The summed E-state index contributed by atoms with van der Waals surface area (Å²) in [6.45, 7) is 21.8. The Bertz CT molecular complexity index is 422. The molecule has 4 heteroatoms. The van der Waals surface area contributed by atoms with Crippen LogP contribution in [0, 0.1) is 5.92 Å². The van der Waals surface area contributed by atoms with Crippen molar-refractivity contribution in [3.63, 3.8) is 0 Å². The predicted molar refractivity (Wildman–Crippen MR) is 105 cm³/mol. The third-order valence-corrected chi connectivity index (χ3v) is 12.0. The van der Waals surface area contributed by atoms with Crippen LogP contribution >= 0.6 is 0 Å². The van der Waals surface area contributed by atoms with E-state index < -0.39 is 16.4 Å². The largest absolute Gasteiger partial charge is 0.412 e. The molecule has 1 heterocycles. The lowest BCUT2D eigenvalue weighted by atomic mass is 9.80. The second kappa shape index (κ2) is 6.26. The lowest BCUT2D eigenvalue weighted by Gasteiger charge is -2.54. The summed E-state index contributed by atoms with van der Waals surface area (Å²) in [6.07, 6.45) is 7.88. The van der Waals surface area contributed by atoms with Gasteiger partial charge < -0.3 is 9.16 Å². The van der Waals surface area contributed by atoms with E-state index >= 15 is 0 Å². The van der Waals surface area contributed by atoms with Crippen molar-refractivity contribution in [1.29, 1.82) is 0 Å². The van der Waals surface area contributed by atoms with Crippen LogP contribution in [-0.4, -0.2) is 34.2 Å². The molecular formula is C19H40O2Si2. The highest BCUT2D eigenvalue weighted by Crippen LogP contribution is 2.55. The van der Waals surface area contributed by atoms with Crippen LogP contribution in [0.25, 0.3) is 0 Å². The van der Waals surface area contributed by atoms with Gasteiger partial charge in [-0.05, 0) is 76.5 Å². The molecule has 136 valence electrons. The Labute approximate surface area is 146 Å². The van der Waals surface area contributed by atoms with Crippen molar-refractivity contribution in [2.45, 2.75) is 115 Å². The van der Waals surface area contributed by atoms with Crippen LogP contribution < -0.4 is 0 Å². The fourth-order valence-corrected chi connectivity index (χ4v) is 9.31. The Morgan fingerprint density at radius 3 is 2.04 bits per heavy atom. The Balaban J connectivity index is 2.08. The summed E-state index contributed by atoms with van der Waals surface area (Å²) in [5.41, 5.74) is -0.0325. The Kier molecular flexibility index (Phi) is 5.35. The van der Waals surface area contributed by atoms with Crippen molar-refractivity contribution < 1.29 is 9.16 Å². The molecule has 2 aliphatic rings. The maximum absolute atomic E-state index is 6.73. The van der Waals surface area contributed by atoms with Crippen LogP contribution in [0.5, 0.6) is 0 Å². The van der Waals surface area contributed by atoms with E-state index in [9.17, 15) is 0 Å². The first kappa shape index (κ1) is 19.7. The summed E-state index contributed by atoms with van der Waals surface area (Å²) < 4.78 is 12.5. The van der Waals surface area contributed by atoms with Crippen molar-refractivity contribution >= 4 is 16.4 Å². The molecule has 4 unspecified atom stereocenters. The van der Waals surface area contributed by atoms with Crippen molar-refractivity contribution in [2.75, 3.05) is 0 Å². The molecule has 0 radical (unpaired) electrons. The van der Waals surface area contributed by atoms with E-state index in [0.29, 0.717) is 17.2 Å². The highest BCUT2D eigenvalue weighted by molar-refractivity contribution is 6.79. The van der Waals surface area contributed by atoms with Crippen LogP contribution in [0.15, 0.2) is 0 Å². The minimum atomic E-state index is -1.55. The van der Waals surface area contributed by atoms with E-state index in [0.717, 1.165) is 5.92 Å². The van der Waals surface area contributed by atoms with Gasteiger partial charge in [0.15, 0.2) is 8.32 Å². The van der Waals surface area contributed by atoms with E-state index in [2.05, 4.69) is 60.1 Å². The van der Waals surface area contributed by atoms with Gasteiger partial charge in [0.25, 0.3) is 0 Å². The van der Waals surface area contributed by atoms with Crippen molar-refractivity contribution in [1.82, 2.24) is 0 Å². The van der Waals surface area contributed by atoms with E-state index in [1.165, 1.54) is 32.1 Å². The van der Waals surface area contributed by atoms with E-state index in [4.69, 9.17) is 9.16 Å². The van der Waals surface area contributed by atoms with Gasteiger partial charge in [-0.15, -0.1) is 0 Å². The van der Waals surface area contributed by atoms with Gasteiger partial charge in [-0.25, -0.2) is 0 Å². The molecule has 2 nitrogen and oxygen atoms in total. The standard InChI is InChI=1S/C19H40O2Si2/c1-18(2,21-23(7,8)9)19(3,22(4,5)6)13-12-15-10-11-16-17(14-15)20-16/h15-17H,10-14H2,1-9H3. The van der Waals surface area contributed by atoms with Gasteiger partial charge in [-0.3, -0.25) is 0 Å². The van der Waals surface area contributed by atoms with Crippen LogP contribution in [0.4, 0.5) is 0 Å². The monoisotopic (exact) mass is 356 g/mol. The van der Waals surface area contributed by atoms with Crippen LogP contribution in [0.3, 0.4) is 0 Å². The molecule has 0 aromatic rings. The summed E-state index contributed by atoms with van der Waals surface area (Å²) in [6, 6.07) is 0. The third-order valence-electron chi connectivity index (χ3n) is 6.71. The van der Waals surface area contributed by atoms with Gasteiger partial charge in [0.2, 0.25) is 0 Å². The average Bonchev–Trinajstić information content (AvgIpc) is 3.09. The molecule has 0 amide bonds. The van der Waals surface area contributed by atoms with Crippen molar-refractivity contribution in [2.24, 2.45) is 5.92 Å². The molecule has 0 N–H and O–H groups in total. The summed E-state index contributed by atoms with van der Waals surface area (Å²) in [5, 5.41) is 0.307. The van der Waals surface area contributed by atoms with Crippen molar-refractivity contribution in [3.05, 3.63) is 0 Å². The van der Waals surface area contributed by atoms with Gasteiger partial charge in [-0.2, -0.15) is 0 Å². The van der Waals surface area contributed by atoms with Crippen LogP contribution in [-0.2, 0) is 9.16 Å². The fourth-order valence-electron chi connectivity index (χ4n) is 4.70. The second-order valence-corrected chi connectivity index (χ2v) is 20.8. The van der Waals surface area contributed by atoms with Gasteiger partial charge in [0.05, 0.1) is 25.9 Å². The smallest absolute Gasteiger partial charge is 0.184 e. The maximum atomic E-state index is 6.73. The number of ether oxygens (including phenoxy) is 1. The number of hydrogen-bond donors (Lipinski definition) is 0. The zero-order chi connectivity index (χ0) is 17.7. The minimum Gasteiger partial charge on any atom is -0.412 e. The lowest BCUT2D eigenvalue weighted by Crippen LogP contribution is -2.55. The molecule has 1 aliphatic carbocycles. The van der Waals surface area contributed by atoms with Crippen molar-refractivity contribution in [3.8, 4) is 0 Å². The first-order chi connectivity index (χ1) is 10.3. The van der Waals surface area contributed by atoms with Gasteiger partial charge in [0, 0.05) is 0 Å². The summed E-state index contributed by atoms with van der Waals surface area (Å²) >= 11 is 0. The number of rotatable bonds is 7. The van der Waals surface area contributed by atoms with Gasteiger partial charge in [0.1, 0.15) is 0 Å². The molecule has 1 aliphatic heterocycles. The molecule has 4 atom stereocenters. The normalized spacial score (nSPS) is 31.4. The first-order valence-corrected chi connectivity index (χ1v) is 16.5. The lowest BCUT2D eigenvalue weighted by molar-refractivity contribution is 0.0419. The predicted octanol–water partition coefficient (Wildman–Crippen LogP) is 6.06.